The van der Waals surface area contributed by atoms with Crippen molar-refractivity contribution >= 4 is 0 Å². The van der Waals surface area contributed by atoms with Gasteiger partial charge in [0.05, 0.1) is 0 Å². The van der Waals surface area contributed by atoms with Gasteiger partial charge in [-0.25, -0.2) is 0 Å². The van der Waals surface area contributed by atoms with Crippen LogP contribution in [0.4, 0.5) is 0 Å². The summed E-state index contributed by atoms with van der Waals surface area (Å²) < 4.78 is 0. The SMILES string of the molecule is OCCCC1CC2CC(CO)C1C2. The summed E-state index contributed by atoms with van der Waals surface area (Å²) >= 11 is 0. The smallest absolute Gasteiger partial charge is 0.0462 e. The molecule has 2 nitrogen and oxygen atoms in total. The topological polar surface area (TPSA) is 40.5 Å². The van der Waals surface area contributed by atoms with Crippen LogP contribution in [-0.4, -0.2) is 23.4 Å². The summed E-state index contributed by atoms with van der Waals surface area (Å²) in [5, 5.41) is 18.0. The number of hydrogen-bond acceptors (Lipinski definition) is 2. The van der Waals surface area contributed by atoms with E-state index in [9.17, 15) is 5.11 Å². The predicted molar refractivity (Wildman–Crippen MR) is 51.2 cm³/mol. The Hall–Kier alpha value is -0.0800. The van der Waals surface area contributed by atoms with Crippen molar-refractivity contribution in [1.82, 2.24) is 0 Å². The maximum Gasteiger partial charge on any atom is 0.0462 e. The molecule has 0 amide bonds. The van der Waals surface area contributed by atoms with Gasteiger partial charge in [0.15, 0.2) is 0 Å². The van der Waals surface area contributed by atoms with Crippen LogP contribution in [0.3, 0.4) is 0 Å². The molecule has 0 spiro atoms. The van der Waals surface area contributed by atoms with Gasteiger partial charge in [0.25, 0.3) is 0 Å². The quantitative estimate of drug-likeness (QED) is 0.693. The highest BCUT2D eigenvalue weighted by atomic mass is 16.3. The molecule has 0 aromatic carbocycles. The van der Waals surface area contributed by atoms with Crippen molar-refractivity contribution in [3.05, 3.63) is 0 Å². The Labute approximate surface area is 80.0 Å². The molecule has 2 fully saturated rings. The number of aliphatic hydroxyl groups is 2. The third kappa shape index (κ3) is 1.75. The van der Waals surface area contributed by atoms with Gasteiger partial charge in [-0.3, -0.25) is 0 Å². The molecule has 4 unspecified atom stereocenters. The van der Waals surface area contributed by atoms with E-state index in [2.05, 4.69) is 0 Å². The lowest BCUT2D eigenvalue weighted by molar-refractivity contribution is 0.133. The summed E-state index contributed by atoms with van der Waals surface area (Å²) in [5.41, 5.74) is 0. The summed E-state index contributed by atoms with van der Waals surface area (Å²) in [6.07, 6.45) is 6.10. The number of aliphatic hydroxyl groups excluding tert-OH is 2. The van der Waals surface area contributed by atoms with Gasteiger partial charge in [-0.2, -0.15) is 0 Å². The Bertz CT molecular complexity index is 169. The zero-order chi connectivity index (χ0) is 9.26. The summed E-state index contributed by atoms with van der Waals surface area (Å²) in [6, 6.07) is 0. The van der Waals surface area contributed by atoms with E-state index in [1.54, 1.807) is 0 Å². The minimum Gasteiger partial charge on any atom is -0.396 e. The lowest BCUT2D eigenvalue weighted by Gasteiger charge is -2.28. The van der Waals surface area contributed by atoms with E-state index >= 15 is 0 Å². The molecule has 0 saturated heterocycles. The first kappa shape index (κ1) is 9.47. The van der Waals surface area contributed by atoms with Crippen LogP contribution < -0.4 is 0 Å². The van der Waals surface area contributed by atoms with Crippen LogP contribution in [0.15, 0.2) is 0 Å². The van der Waals surface area contributed by atoms with Crippen LogP contribution in [0.1, 0.15) is 32.1 Å². The first-order chi connectivity index (χ1) is 6.35. The van der Waals surface area contributed by atoms with Crippen LogP contribution in [0.2, 0.25) is 0 Å². The van der Waals surface area contributed by atoms with Crippen molar-refractivity contribution < 1.29 is 10.2 Å². The van der Waals surface area contributed by atoms with Crippen molar-refractivity contribution in [3.63, 3.8) is 0 Å². The Morgan fingerprint density at radius 1 is 1.00 bits per heavy atom. The minimum absolute atomic E-state index is 0.331. The van der Waals surface area contributed by atoms with Crippen molar-refractivity contribution in [2.45, 2.75) is 32.1 Å². The van der Waals surface area contributed by atoms with Gasteiger partial charge in [-0.15, -0.1) is 0 Å². The predicted octanol–water partition coefficient (Wildman–Crippen LogP) is 1.41. The summed E-state index contributed by atoms with van der Waals surface area (Å²) in [5.74, 6) is 3.07. The Morgan fingerprint density at radius 3 is 2.38 bits per heavy atom. The van der Waals surface area contributed by atoms with E-state index in [0.717, 1.165) is 24.2 Å². The van der Waals surface area contributed by atoms with Gasteiger partial charge < -0.3 is 10.2 Å². The number of rotatable bonds is 4. The van der Waals surface area contributed by atoms with Crippen molar-refractivity contribution in [2.75, 3.05) is 13.2 Å². The maximum atomic E-state index is 9.18. The van der Waals surface area contributed by atoms with E-state index in [-0.39, 0.29) is 0 Å². The molecule has 0 aliphatic heterocycles. The van der Waals surface area contributed by atoms with E-state index in [0.29, 0.717) is 19.1 Å². The average Bonchev–Trinajstić information content (AvgIpc) is 2.72. The Balaban J connectivity index is 1.86. The van der Waals surface area contributed by atoms with Crippen molar-refractivity contribution in [1.29, 1.82) is 0 Å². The molecule has 2 aliphatic rings. The van der Waals surface area contributed by atoms with Gasteiger partial charge in [0.1, 0.15) is 0 Å². The fourth-order valence-corrected chi connectivity index (χ4v) is 3.54. The zero-order valence-corrected chi connectivity index (χ0v) is 8.15. The second-order valence-corrected chi connectivity index (χ2v) is 4.81. The van der Waals surface area contributed by atoms with Gasteiger partial charge in [-0.1, -0.05) is 0 Å². The molecular formula is C11H20O2. The van der Waals surface area contributed by atoms with Crippen LogP contribution in [0, 0.1) is 23.7 Å². The molecule has 0 heterocycles. The normalized spacial score (nSPS) is 42.9. The third-order valence-corrected chi connectivity index (χ3v) is 4.06. The fraction of sp³-hybridized carbons (Fsp3) is 1.00. The minimum atomic E-state index is 0.331. The van der Waals surface area contributed by atoms with Crippen LogP contribution >= 0.6 is 0 Å². The van der Waals surface area contributed by atoms with Crippen LogP contribution in [-0.2, 0) is 0 Å². The van der Waals surface area contributed by atoms with Crippen molar-refractivity contribution in [2.24, 2.45) is 23.7 Å². The molecule has 2 saturated carbocycles. The molecule has 76 valence electrons. The highest BCUT2D eigenvalue weighted by Gasteiger charge is 2.44. The second-order valence-electron chi connectivity index (χ2n) is 4.81. The first-order valence-corrected chi connectivity index (χ1v) is 5.57. The Morgan fingerprint density at radius 2 is 1.77 bits per heavy atom. The molecule has 2 bridgehead atoms. The summed E-state index contributed by atoms with van der Waals surface area (Å²) in [6.45, 7) is 0.717. The van der Waals surface area contributed by atoms with Crippen LogP contribution in [0.5, 0.6) is 0 Å². The van der Waals surface area contributed by atoms with Crippen molar-refractivity contribution in [3.8, 4) is 0 Å². The molecule has 0 aromatic rings. The van der Waals surface area contributed by atoms with Gasteiger partial charge in [-0.05, 0) is 55.8 Å². The summed E-state index contributed by atoms with van der Waals surface area (Å²) in [7, 11) is 0. The number of fused-ring (bicyclic) bond motifs is 2. The van der Waals surface area contributed by atoms with Gasteiger partial charge in [0.2, 0.25) is 0 Å². The molecule has 4 atom stereocenters. The van der Waals surface area contributed by atoms with Crippen LogP contribution in [0.25, 0.3) is 0 Å². The molecule has 13 heavy (non-hydrogen) atoms. The zero-order valence-electron chi connectivity index (χ0n) is 8.15. The molecule has 0 radical (unpaired) electrons. The van der Waals surface area contributed by atoms with E-state index < -0.39 is 0 Å². The molecule has 2 rings (SSSR count). The first-order valence-electron chi connectivity index (χ1n) is 5.57. The lowest BCUT2D eigenvalue weighted by Crippen LogP contribution is -2.23. The average molecular weight is 184 g/mol. The Kier molecular flexibility index (Phi) is 2.89. The highest BCUT2D eigenvalue weighted by molar-refractivity contribution is 4.94. The molecule has 2 aliphatic carbocycles. The van der Waals surface area contributed by atoms with Gasteiger partial charge >= 0.3 is 0 Å². The summed E-state index contributed by atoms with van der Waals surface area (Å²) in [4.78, 5) is 0. The van der Waals surface area contributed by atoms with E-state index in [4.69, 9.17) is 5.11 Å². The number of hydrogen-bond donors (Lipinski definition) is 2. The monoisotopic (exact) mass is 184 g/mol. The largest absolute Gasteiger partial charge is 0.396 e. The second kappa shape index (κ2) is 3.97. The lowest BCUT2D eigenvalue weighted by atomic mass is 9.79. The van der Waals surface area contributed by atoms with Gasteiger partial charge in [0, 0.05) is 13.2 Å². The standard InChI is InChI=1S/C11H20O2/c12-3-1-2-9-4-8-5-10(7-13)11(9)6-8/h8-13H,1-7H2. The highest BCUT2D eigenvalue weighted by Crippen LogP contribution is 2.52. The fourth-order valence-electron chi connectivity index (χ4n) is 3.54. The molecule has 0 aromatic heterocycles. The third-order valence-electron chi connectivity index (χ3n) is 4.06. The molecule has 2 N–H and O–H groups in total. The molecule has 2 heteroatoms. The molecular weight excluding hydrogens is 164 g/mol. The van der Waals surface area contributed by atoms with E-state index in [1.807, 2.05) is 0 Å². The van der Waals surface area contributed by atoms with E-state index in [1.165, 1.54) is 25.7 Å². The maximum absolute atomic E-state index is 9.18.